The van der Waals surface area contributed by atoms with Crippen LogP contribution < -0.4 is 25.8 Å². The average molecular weight is 483 g/mol. The number of amidine groups is 1. The van der Waals surface area contributed by atoms with E-state index in [-0.39, 0.29) is 5.75 Å². The third kappa shape index (κ3) is 5.90. The molecule has 4 rings (SSSR count). The largest absolute Gasteiger partial charge is 0.497 e. The highest BCUT2D eigenvalue weighted by atomic mass is 19.4. The van der Waals surface area contributed by atoms with E-state index in [0.29, 0.717) is 29.4 Å². The first-order chi connectivity index (χ1) is 16.7. The second-order valence-electron chi connectivity index (χ2n) is 7.82. The zero-order chi connectivity index (χ0) is 25.1. The number of aliphatic imine (C=N–C) groups is 1. The van der Waals surface area contributed by atoms with E-state index in [1.807, 2.05) is 37.3 Å². The van der Waals surface area contributed by atoms with Crippen molar-refractivity contribution in [2.75, 3.05) is 12.4 Å². The van der Waals surface area contributed by atoms with Crippen LogP contribution in [0.5, 0.6) is 17.2 Å². The fourth-order valence-electron chi connectivity index (χ4n) is 3.38. The van der Waals surface area contributed by atoms with Crippen molar-refractivity contribution in [1.29, 1.82) is 0 Å². The minimum atomic E-state index is -4.54. The van der Waals surface area contributed by atoms with Gasteiger partial charge < -0.3 is 20.1 Å². The van der Waals surface area contributed by atoms with Gasteiger partial charge in [-0.1, -0.05) is 19.1 Å². The molecule has 1 atom stereocenters. The van der Waals surface area contributed by atoms with Crippen LogP contribution in [0.1, 0.15) is 24.6 Å². The zero-order valence-electron chi connectivity index (χ0n) is 19.1. The number of rotatable bonds is 6. The lowest BCUT2D eigenvalue weighted by Crippen LogP contribution is -2.53. The van der Waals surface area contributed by atoms with Crippen LogP contribution in [0.3, 0.4) is 0 Å². The number of hydrogen-bond donors (Lipinski definition) is 3. The Kier molecular flexibility index (Phi) is 6.65. The molecule has 10 heteroatoms. The lowest BCUT2D eigenvalue weighted by Gasteiger charge is -2.32. The Morgan fingerprint density at radius 2 is 1.80 bits per heavy atom. The Morgan fingerprint density at radius 3 is 2.49 bits per heavy atom. The monoisotopic (exact) mass is 483 g/mol. The van der Waals surface area contributed by atoms with Crippen LogP contribution in [0.15, 0.2) is 77.9 Å². The van der Waals surface area contributed by atoms with Gasteiger partial charge in [0.05, 0.1) is 7.11 Å². The van der Waals surface area contributed by atoms with Gasteiger partial charge in [-0.25, -0.2) is 4.99 Å². The number of aromatic nitrogens is 1. The Bertz CT molecular complexity index is 1260. The van der Waals surface area contributed by atoms with E-state index < -0.39 is 17.7 Å². The topological polar surface area (TPSA) is 93.8 Å². The van der Waals surface area contributed by atoms with Crippen LogP contribution in [0.25, 0.3) is 5.70 Å². The fraction of sp³-hybridized carbons (Fsp3) is 0.200. The number of methoxy groups -OCH3 is 1. The second kappa shape index (κ2) is 9.67. The van der Waals surface area contributed by atoms with E-state index in [9.17, 15) is 13.2 Å². The summed E-state index contributed by atoms with van der Waals surface area (Å²) in [6, 6.07) is 16.5. The molecule has 0 bridgehead atoms. The zero-order valence-corrected chi connectivity index (χ0v) is 19.1. The number of nitrogens with two attached hydrogens (primary N) is 1. The number of nitrogens with one attached hydrogen (secondary N) is 2. The molecule has 35 heavy (non-hydrogen) atoms. The number of alkyl halides is 3. The lowest BCUT2D eigenvalue weighted by molar-refractivity contribution is -0.141. The van der Waals surface area contributed by atoms with Gasteiger partial charge in [0.1, 0.15) is 28.8 Å². The number of halogens is 3. The van der Waals surface area contributed by atoms with E-state index in [1.165, 1.54) is 6.07 Å². The highest BCUT2D eigenvalue weighted by Gasteiger charge is 2.32. The van der Waals surface area contributed by atoms with Crippen molar-refractivity contribution in [3.05, 3.63) is 84.2 Å². The SMILES string of the molecule is CCC1(N)N=C(Nc2ccc(Oc3ccnc(C(F)(F)F)c3)cc2)C=C(c2cccc(OC)c2)N1. The molecule has 0 radical (unpaired) electrons. The maximum atomic E-state index is 12.9. The second-order valence-corrected chi connectivity index (χ2v) is 7.82. The molecular weight excluding hydrogens is 459 g/mol. The van der Waals surface area contributed by atoms with Gasteiger partial charge in [-0.3, -0.25) is 10.7 Å². The van der Waals surface area contributed by atoms with Gasteiger partial charge in [0, 0.05) is 41.7 Å². The molecule has 0 aliphatic carbocycles. The minimum absolute atomic E-state index is 0.0393. The summed E-state index contributed by atoms with van der Waals surface area (Å²) in [6.07, 6.45) is -1.10. The molecule has 0 saturated heterocycles. The van der Waals surface area contributed by atoms with E-state index in [0.717, 1.165) is 23.5 Å². The summed E-state index contributed by atoms with van der Waals surface area (Å²) in [4.78, 5) is 7.92. The first-order valence-electron chi connectivity index (χ1n) is 10.8. The molecule has 1 aliphatic rings. The van der Waals surface area contributed by atoms with Gasteiger partial charge in [-0.05, 0) is 42.5 Å². The summed E-state index contributed by atoms with van der Waals surface area (Å²) in [5.74, 6) is 0.668. The molecule has 2 heterocycles. The van der Waals surface area contributed by atoms with Crippen LogP contribution in [0.4, 0.5) is 18.9 Å². The third-order valence-corrected chi connectivity index (χ3v) is 5.26. The number of benzene rings is 2. The molecular formula is C25H24F3N5O2. The van der Waals surface area contributed by atoms with E-state index >= 15 is 0 Å². The Labute approximate surface area is 200 Å². The molecule has 4 N–H and O–H groups in total. The highest BCUT2D eigenvalue weighted by molar-refractivity contribution is 6.08. The third-order valence-electron chi connectivity index (χ3n) is 5.26. The number of ether oxygens (including phenoxy) is 2. The number of nitrogens with zero attached hydrogens (tertiary/aromatic N) is 2. The van der Waals surface area contributed by atoms with Gasteiger partial charge in [0.2, 0.25) is 0 Å². The summed E-state index contributed by atoms with van der Waals surface area (Å²) in [5, 5.41) is 6.49. The number of anilines is 1. The van der Waals surface area contributed by atoms with E-state index in [2.05, 4.69) is 20.6 Å². The Balaban J connectivity index is 1.52. The van der Waals surface area contributed by atoms with Crippen molar-refractivity contribution in [3.8, 4) is 17.2 Å². The predicted octanol–water partition coefficient (Wildman–Crippen LogP) is 5.38. The van der Waals surface area contributed by atoms with Gasteiger partial charge >= 0.3 is 6.18 Å². The standard InChI is InChI=1S/C25H24F3N5O2/c1-3-24(29)32-21(16-5-4-6-19(13-16)34-2)15-23(33-24)31-17-7-9-18(10-8-17)35-20-11-12-30-22(14-20)25(26,27)28/h4-15,32H,3,29H2,1-2H3,(H,31,33). The summed E-state index contributed by atoms with van der Waals surface area (Å²) in [5.41, 5.74) is 7.79. The molecule has 1 aliphatic heterocycles. The number of pyridine rings is 1. The molecule has 7 nitrogen and oxygen atoms in total. The predicted molar refractivity (Wildman–Crippen MR) is 128 cm³/mol. The van der Waals surface area contributed by atoms with Gasteiger partial charge in [-0.15, -0.1) is 0 Å². The highest BCUT2D eigenvalue weighted by Crippen LogP contribution is 2.31. The van der Waals surface area contributed by atoms with Crippen molar-refractivity contribution < 1.29 is 22.6 Å². The van der Waals surface area contributed by atoms with Crippen molar-refractivity contribution >= 4 is 17.2 Å². The number of hydrogen-bond acceptors (Lipinski definition) is 7. The van der Waals surface area contributed by atoms with E-state index in [1.54, 1.807) is 31.4 Å². The quantitative estimate of drug-likeness (QED) is 0.436. The van der Waals surface area contributed by atoms with Crippen molar-refractivity contribution in [2.45, 2.75) is 25.3 Å². The summed E-state index contributed by atoms with van der Waals surface area (Å²) >= 11 is 0. The molecule has 2 aromatic carbocycles. The van der Waals surface area contributed by atoms with Crippen molar-refractivity contribution in [1.82, 2.24) is 10.3 Å². The Hall–Kier alpha value is -4.05. The lowest BCUT2D eigenvalue weighted by atomic mass is 10.1. The average Bonchev–Trinajstić information content (AvgIpc) is 2.85. The van der Waals surface area contributed by atoms with Gasteiger partial charge in [0.15, 0.2) is 5.79 Å². The van der Waals surface area contributed by atoms with Crippen molar-refractivity contribution in [3.63, 3.8) is 0 Å². The fourth-order valence-corrected chi connectivity index (χ4v) is 3.38. The van der Waals surface area contributed by atoms with E-state index in [4.69, 9.17) is 15.2 Å². The normalized spacial score (nSPS) is 17.7. The van der Waals surface area contributed by atoms with Crippen LogP contribution in [0.2, 0.25) is 0 Å². The van der Waals surface area contributed by atoms with Gasteiger partial charge in [0.25, 0.3) is 0 Å². The minimum Gasteiger partial charge on any atom is -0.497 e. The molecule has 0 amide bonds. The molecule has 3 aromatic rings. The smallest absolute Gasteiger partial charge is 0.433 e. The van der Waals surface area contributed by atoms with Crippen LogP contribution in [0, 0.1) is 0 Å². The maximum absolute atomic E-state index is 12.9. The van der Waals surface area contributed by atoms with Crippen LogP contribution in [-0.4, -0.2) is 23.7 Å². The first kappa shape index (κ1) is 24.1. The van der Waals surface area contributed by atoms with Crippen LogP contribution in [-0.2, 0) is 6.18 Å². The molecule has 0 spiro atoms. The Morgan fingerprint density at radius 1 is 1.03 bits per heavy atom. The van der Waals surface area contributed by atoms with Crippen molar-refractivity contribution in [2.24, 2.45) is 10.7 Å². The molecule has 182 valence electrons. The van der Waals surface area contributed by atoms with Crippen LogP contribution >= 0.6 is 0 Å². The van der Waals surface area contributed by atoms with Gasteiger partial charge in [-0.2, -0.15) is 13.2 Å². The summed E-state index contributed by atoms with van der Waals surface area (Å²) in [6.45, 7) is 1.93. The first-order valence-corrected chi connectivity index (χ1v) is 10.8. The molecule has 0 saturated carbocycles. The summed E-state index contributed by atoms with van der Waals surface area (Å²) in [7, 11) is 1.60. The molecule has 0 fully saturated rings. The molecule has 1 aromatic heterocycles. The molecule has 1 unspecified atom stereocenters. The maximum Gasteiger partial charge on any atom is 0.433 e. The summed E-state index contributed by atoms with van der Waals surface area (Å²) < 4.78 is 49.5.